The van der Waals surface area contributed by atoms with Gasteiger partial charge in [0.15, 0.2) is 0 Å². The quantitative estimate of drug-likeness (QED) is 0.748. The summed E-state index contributed by atoms with van der Waals surface area (Å²) < 4.78 is 0.998. The van der Waals surface area contributed by atoms with E-state index in [1.54, 1.807) is 0 Å². The van der Waals surface area contributed by atoms with E-state index < -0.39 is 0 Å². The maximum Gasteiger partial charge on any atom is 0.277 e. The van der Waals surface area contributed by atoms with Crippen molar-refractivity contribution in [1.82, 2.24) is 0 Å². The summed E-state index contributed by atoms with van der Waals surface area (Å²) in [5.74, 6) is 0.553. The second kappa shape index (κ2) is 6.67. The van der Waals surface area contributed by atoms with E-state index in [1.807, 2.05) is 53.4 Å². The zero-order chi connectivity index (χ0) is 16.4. The van der Waals surface area contributed by atoms with E-state index in [1.165, 1.54) is 0 Å². The van der Waals surface area contributed by atoms with Crippen LogP contribution >= 0.6 is 15.9 Å². The smallest absolute Gasteiger partial charge is 0.277 e. The summed E-state index contributed by atoms with van der Waals surface area (Å²) in [6, 6.07) is 15.6. The predicted molar refractivity (Wildman–Crippen MR) is 98.6 cm³/mol. The van der Waals surface area contributed by atoms with Crippen LogP contribution in [0.1, 0.15) is 25.8 Å². The third-order valence-electron chi connectivity index (χ3n) is 3.90. The van der Waals surface area contributed by atoms with Crippen LogP contribution in [-0.2, 0) is 4.79 Å². The van der Waals surface area contributed by atoms with Crippen LogP contribution in [0, 0.1) is 5.92 Å². The number of carbonyl (C=O) groups excluding carboxylic acids is 1. The van der Waals surface area contributed by atoms with Gasteiger partial charge in [0.1, 0.15) is 5.71 Å². The second-order valence-corrected chi connectivity index (χ2v) is 7.01. The van der Waals surface area contributed by atoms with Gasteiger partial charge in [-0.25, -0.2) is 4.99 Å². The summed E-state index contributed by atoms with van der Waals surface area (Å²) in [6.45, 7) is 5.07. The molecule has 1 amide bonds. The van der Waals surface area contributed by atoms with Crippen molar-refractivity contribution in [3.8, 4) is 0 Å². The van der Waals surface area contributed by atoms with Crippen LogP contribution in [0.2, 0.25) is 0 Å². The third-order valence-corrected chi connectivity index (χ3v) is 4.42. The average Bonchev–Trinajstić information content (AvgIpc) is 2.80. The number of rotatable bonds is 4. The van der Waals surface area contributed by atoms with Crippen LogP contribution in [0.4, 0.5) is 11.4 Å². The van der Waals surface area contributed by atoms with E-state index in [9.17, 15) is 4.79 Å². The Kier molecular flexibility index (Phi) is 4.62. The van der Waals surface area contributed by atoms with E-state index in [-0.39, 0.29) is 5.91 Å². The molecule has 0 spiro atoms. The molecule has 0 N–H and O–H groups in total. The number of amides is 1. The first-order valence-corrected chi connectivity index (χ1v) is 8.61. The third kappa shape index (κ3) is 3.37. The van der Waals surface area contributed by atoms with Crippen molar-refractivity contribution in [2.75, 3.05) is 11.4 Å². The number of hydrogen-bond donors (Lipinski definition) is 0. The highest BCUT2D eigenvalue weighted by Gasteiger charge is 2.33. The summed E-state index contributed by atoms with van der Waals surface area (Å²) in [7, 11) is 0. The summed E-state index contributed by atoms with van der Waals surface area (Å²) in [5.41, 5.74) is 3.21. The number of nitrogens with zero attached hydrogens (tertiary/aromatic N) is 2. The molecule has 4 heteroatoms. The molecule has 23 heavy (non-hydrogen) atoms. The minimum Gasteiger partial charge on any atom is -0.306 e. The lowest BCUT2D eigenvalue weighted by atomic mass is 10.1. The Morgan fingerprint density at radius 2 is 1.78 bits per heavy atom. The maximum absolute atomic E-state index is 12.8. The van der Waals surface area contributed by atoms with Crippen LogP contribution in [-0.4, -0.2) is 18.2 Å². The molecule has 3 nitrogen and oxygen atoms in total. The van der Waals surface area contributed by atoms with E-state index in [0.717, 1.165) is 34.4 Å². The van der Waals surface area contributed by atoms with Gasteiger partial charge in [-0.15, -0.1) is 0 Å². The highest BCUT2D eigenvalue weighted by atomic mass is 79.9. The monoisotopic (exact) mass is 370 g/mol. The lowest BCUT2D eigenvalue weighted by Crippen LogP contribution is -2.31. The molecule has 1 heterocycles. The first-order chi connectivity index (χ1) is 11.1. The van der Waals surface area contributed by atoms with Crippen molar-refractivity contribution in [2.24, 2.45) is 10.9 Å². The van der Waals surface area contributed by atoms with Gasteiger partial charge in [-0.05, 0) is 42.7 Å². The molecule has 0 saturated carbocycles. The Labute approximate surface area is 145 Å². The number of carbonyl (C=O) groups is 1. The lowest BCUT2D eigenvalue weighted by molar-refractivity contribution is -0.112. The van der Waals surface area contributed by atoms with Crippen LogP contribution in [0.15, 0.2) is 58.0 Å². The minimum atomic E-state index is -0.00484. The van der Waals surface area contributed by atoms with Gasteiger partial charge >= 0.3 is 0 Å². The summed E-state index contributed by atoms with van der Waals surface area (Å²) in [4.78, 5) is 19.3. The summed E-state index contributed by atoms with van der Waals surface area (Å²) in [5, 5.41) is 0. The first-order valence-electron chi connectivity index (χ1n) is 7.82. The highest BCUT2D eigenvalue weighted by molar-refractivity contribution is 9.10. The molecule has 118 valence electrons. The fourth-order valence-corrected chi connectivity index (χ4v) is 2.89. The molecule has 0 unspecified atom stereocenters. The molecule has 0 radical (unpaired) electrons. The zero-order valence-electron chi connectivity index (χ0n) is 13.3. The van der Waals surface area contributed by atoms with Crippen LogP contribution in [0.25, 0.3) is 0 Å². The molecule has 0 saturated heterocycles. The highest BCUT2D eigenvalue weighted by Crippen LogP contribution is 2.31. The molecule has 2 aromatic rings. The molecular formula is C19H19BrN2O. The maximum atomic E-state index is 12.8. The number of hydrogen-bond acceptors (Lipinski definition) is 2. The van der Waals surface area contributed by atoms with E-state index >= 15 is 0 Å². The van der Waals surface area contributed by atoms with Gasteiger partial charge in [0.2, 0.25) is 0 Å². The number of aliphatic imine (C=N–C) groups is 1. The number of para-hydroxylation sites is 1. The second-order valence-electron chi connectivity index (χ2n) is 6.09. The largest absolute Gasteiger partial charge is 0.306 e. The van der Waals surface area contributed by atoms with Crippen molar-refractivity contribution in [2.45, 2.75) is 20.3 Å². The van der Waals surface area contributed by atoms with Gasteiger partial charge in [-0.1, -0.05) is 48.0 Å². The topological polar surface area (TPSA) is 32.7 Å². The number of fused-ring (bicyclic) bond motifs is 1. The van der Waals surface area contributed by atoms with Crippen LogP contribution < -0.4 is 4.90 Å². The Hall–Kier alpha value is -1.94. The Bertz CT molecular complexity index is 750. The molecule has 0 aliphatic carbocycles. The van der Waals surface area contributed by atoms with E-state index in [0.29, 0.717) is 11.6 Å². The van der Waals surface area contributed by atoms with Crippen molar-refractivity contribution < 1.29 is 4.79 Å². The molecule has 0 bridgehead atoms. The lowest BCUT2D eigenvalue weighted by Gasteiger charge is -2.17. The molecular weight excluding hydrogens is 352 g/mol. The molecule has 2 aromatic carbocycles. The SMILES string of the molecule is CC(C)CCN1C(=O)C(=Nc2ccc(Br)cc2)c2ccccc21. The standard InChI is InChI=1S/C19H19BrN2O/c1-13(2)11-12-22-17-6-4-3-5-16(17)18(19(22)23)21-15-9-7-14(20)8-10-15/h3-10,13H,11-12H2,1-2H3. The van der Waals surface area contributed by atoms with Crippen molar-refractivity contribution in [3.63, 3.8) is 0 Å². The Morgan fingerprint density at radius 3 is 2.48 bits per heavy atom. The fourth-order valence-electron chi connectivity index (χ4n) is 2.62. The number of halogens is 1. The molecule has 3 rings (SSSR count). The molecule has 0 atom stereocenters. The summed E-state index contributed by atoms with van der Waals surface area (Å²) in [6.07, 6.45) is 0.978. The molecule has 0 fully saturated rings. The van der Waals surface area contributed by atoms with Crippen molar-refractivity contribution >= 4 is 38.9 Å². The summed E-state index contributed by atoms with van der Waals surface area (Å²) >= 11 is 3.42. The van der Waals surface area contributed by atoms with Crippen LogP contribution in [0.5, 0.6) is 0 Å². The first kappa shape index (κ1) is 15.9. The average molecular weight is 371 g/mol. The molecule has 0 aromatic heterocycles. The van der Waals surface area contributed by atoms with Gasteiger partial charge in [0.25, 0.3) is 5.91 Å². The van der Waals surface area contributed by atoms with Gasteiger partial charge < -0.3 is 4.90 Å². The van der Waals surface area contributed by atoms with E-state index in [4.69, 9.17) is 0 Å². The normalized spacial score (nSPS) is 15.6. The fraction of sp³-hybridized carbons (Fsp3) is 0.263. The van der Waals surface area contributed by atoms with Crippen molar-refractivity contribution in [3.05, 3.63) is 58.6 Å². The van der Waals surface area contributed by atoms with Gasteiger partial charge in [-0.2, -0.15) is 0 Å². The van der Waals surface area contributed by atoms with Crippen molar-refractivity contribution in [1.29, 1.82) is 0 Å². The van der Waals surface area contributed by atoms with Gasteiger partial charge in [-0.3, -0.25) is 4.79 Å². The minimum absolute atomic E-state index is 0.00484. The van der Waals surface area contributed by atoms with Gasteiger partial charge in [0.05, 0.1) is 11.4 Å². The van der Waals surface area contributed by atoms with E-state index in [2.05, 4.69) is 34.8 Å². The van der Waals surface area contributed by atoms with Crippen LogP contribution in [0.3, 0.4) is 0 Å². The Morgan fingerprint density at radius 1 is 1.09 bits per heavy atom. The zero-order valence-corrected chi connectivity index (χ0v) is 14.9. The Balaban J connectivity index is 1.98. The number of benzene rings is 2. The molecule has 1 aliphatic heterocycles. The molecule has 1 aliphatic rings. The number of anilines is 1. The van der Waals surface area contributed by atoms with Gasteiger partial charge in [0, 0.05) is 16.6 Å². The predicted octanol–water partition coefficient (Wildman–Crippen LogP) is 4.96.